The van der Waals surface area contributed by atoms with Crippen molar-refractivity contribution in [1.82, 2.24) is 29.9 Å². The number of fused-ring (bicyclic) bond motifs is 1. The topological polar surface area (TPSA) is 84.3 Å². The molecule has 3 heterocycles. The molecule has 0 saturated heterocycles. The Labute approximate surface area is 121 Å². The minimum Gasteiger partial charge on any atom is -0.322 e. The minimum absolute atomic E-state index is 0.375. The maximum atomic E-state index is 4.64. The van der Waals surface area contributed by atoms with Gasteiger partial charge in [-0.2, -0.15) is 10.2 Å². The number of aromatic nitrogens is 6. The van der Waals surface area contributed by atoms with Crippen LogP contribution in [0.4, 0.5) is 11.6 Å². The molecule has 0 aliphatic heterocycles. The fourth-order valence-electron chi connectivity index (χ4n) is 2.57. The third kappa shape index (κ3) is 2.24. The molecule has 0 spiro atoms. The maximum Gasteiger partial charge on any atom is 0.179 e. The minimum atomic E-state index is 0.375. The molecule has 0 bridgehead atoms. The molecule has 0 unspecified atom stereocenters. The van der Waals surface area contributed by atoms with Gasteiger partial charge in [0.2, 0.25) is 0 Å². The molecule has 108 valence electrons. The number of hydrogen-bond donors (Lipinski definition) is 2. The Morgan fingerprint density at radius 1 is 1.33 bits per heavy atom. The molecule has 1 saturated carbocycles. The van der Waals surface area contributed by atoms with Crippen LogP contribution >= 0.6 is 0 Å². The first kappa shape index (κ1) is 12.3. The lowest BCUT2D eigenvalue weighted by molar-refractivity contribution is 0.451. The van der Waals surface area contributed by atoms with Gasteiger partial charge in [-0.05, 0) is 32.6 Å². The number of rotatable bonds is 4. The number of nitrogens with one attached hydrogen (secondary N) is 2. The highest BCUT2D eigenvalue weighted by molar-refractivity contribution is 5.72. The first-order valence-corrected chi connectivity index (χ1v) is 7.20. The SMILES string of the molecule is Cc1cc(Nc2cnc3cnn([C@@H](C)C4CC4)c3n2)n[nH]1. The van der Waals surface area contributed by atoms with Crippen LogP contribution in [-0.4, -0.2) is 29.9 Å². The van der Waals surface area contributed by atoms with Crippen LogP contribution in [0.5, 0.6) is 0 Å². The van der Waals surface area contributed by atoms with Gasteiger partial charge in [-0.15, -0.1) is 0 Å². The summed E-state index contributed by atoms with van der Waals surface area (Å²) < 4.78 is 1.99. The quantitative estimate of drug-likeness (QED) is 0.768. The Morgan fingerprint density at radius 3 is 2.90 bits per heavy atom. The average Bonchev–Trinajstić information content (AvgIpc) is 3.13. The third-order valence-corrected chi connectivity index (χ3v) is 3.95. The van der Waals surface area contributed by atoms with E-state index in [1.807, 2.05) is 17.7 Å². The van der Waals surface area contributed by atoms with Gasteiger partial charge in [0.15, 0.2) is 17.3 Å². The Balaban J connectivity index is 1.69. The van der Waals surface area contributed by atoms with Gasteiger partial charge in [0, 0.05) is 11.8 Å². The summed E-state index contributed by atoms with van der Waals surface area (Å²) in [5.41, 5.74) is 2.65. The highest BCUT2D eigenvalue weighted by Gasteiger charge is 2.30. The van der Waals surface area contributed by atoms with Gasteiger partial charge in [-0.1, -0.05) is 0 Å². The van der Waals surface area contributed by atoms with E-state index < -0.39 is 0 Å². The van der Waals surface area contributed by atoms with E-state index >= 15 is 0 Å². The van der Waals surface area contributed by atoms with E-state index in [4.69, 9.17) is 0 Å². The summed E-state index contributed by atoms with van der Waals surface area (Å²) in [5.74, 6) is 2.14. The van der Waals surface area contributed by atoms with Gasteiger partial charge in [0.25, 0.3) is 0 Å². The lowest BCUT2D eigenvalue weighted by atomic mass is 10.2. The standard InChI is InChI=1S/C14H17N7/c1-8-5-12(20-19-8)17-13-7-15-11-6-16-21(14(11)18-13)9(2)10-3-4-10/h5-7,9-10H,3-4H2,1-2H3,(H2,17,18,19,20)/t9-/m0/s1. The van der Waals surface area contributed by atoms with Crippen LogP contribution in [0.25, 0.3) is 11.2 Å². The molecule has 7 nitrogen and oxygen atoms in total. The third-order valence-electron chi connectivity index (χ3n) is 3.95. The molecule has 3 aromatic heterocycles. The fourth-order valence-corrected chi connectivity index (χ4v) is 2.57. The molecule has 21 heavy (non-hydrogen) atoms. The van der Waals surface area contributed by atoms with E-state index in [0.717, 1.165) is 28.6 Å². The van der Waals surface area contributed by atoms with Crippen molar-refractivity contribution in [3.05, 3.63) is 24.2 Å². The van der Waals surface area contributed by atoms with Gasteiger partial charge >= 0.3 is 0 Å². The number of nitrogens with zero attached hydrogens (tertiary/aromatic N) is 5. The monoisotopic (exact) mass is 283 g/mol. The van der Waals surface area contributed by atoms with Gasteiger partial charge < -0.3 is 5.32 Å². The van der Waals surface area contributed by atoms with Crippen molar-refractivity contribution in [3.63, 3.8) is 0 Å². The van der Waals surface area contributed by atoms with Crippen LogP contribution in [-0.2, 0) is 0 Å². The predicted octanol–water partition coefficient (Wildman–Crippen LogP) is 2.57. The molecule has 2 N–H and O–H groups in total. The Hall–Kier alpha value is -2.44. The smallest absolute Gasteiger partial charge is 0.179 e. The van der Waals surface area contributed by atoms with Crippen LogP contribution in [0, 0.1) is 12.8 Å². The first-order chi connectivity index (χ1) is 10.2. The largest absolute Gasteiger partial charge is 0.322 e. The molecular weight excluding hydrogens is 266 g/mol. The van der Waals surface area contributed by atoms with E-state index in [1.165, 1.54) is 12.8 Å². The molecule has 3 aromatic rings. The molecule has 1 aliphatic rings. The van der Waals surface area contributed by atoms with Crippen molar-refractivity contribution >= 4 is 22.8 Å². The lowest BCUT2D eigenvalue weighted by Crippen LogP contribution is -2.10. The van der Waals surface area contributed by atoms with Crippen LogP contribution in [0.3, 0.4) is 0 Å². The van der Waals surface area contributed by atoms with E-state index in [0.29, 0.717) is 11.9 Å². The van der Waals surface area contributed by atoms with Crippen molar-refractivity contribution in [2.24, 2.45) is 5.92 Å². The second kappa shape index (κ2) is 4.54. The van der Waals surface area contributed by atoms with Crippen molar-refractivity contribution in [2.45, 2.75) is 32.7 Å². The molecule has 1 aliphatic carbocycles. The van der Waals surface area contributed by atoms with E-state index in [-0.39, 0.29) is 0 Å². The zero-order chi connectivity index (χ0) is 14.4. The highest BCUT2D eigenvalue weighted by Crippen LogP contribution is 2.39. The second-order valence-electron chi connectivity index (χ2n) is 5.69. The zero-order valence-electron chi connectivity index (χ0n) is 12.0. The Bertz CT molecular complexity index is 784. The molecule has 7 heteroatoms. The highest BCUT2D eigenvalue weighted by atomic mass is 15.3. The van der Waals surface area contributed by atoms with Crippen LogP contribution in [0.2, 0.25) is 0 Å². The summed E-state index contributed by atoms with van der Waals surface area (Å²) in [6.45, 7) is 4.16. The van der Waals surface area contributed by atoms with Crippen molar-refractivity contribution in [1.29, 1.82) is 0 Å². The molecule has 4 rings (SSSR count). The van der Waals surface area contributed by atoms with Crippen LogP contribution in [0.1, 0.15) is 31.5 Å². The molecule has 1 atom stereocenters. The molecule has 0 aromatic carbocycles. The predicted molar refractivity (Wildman–Crippen MR) is 79.4 cm³/mol. The summed E-state index contributed by atoms with van der Waals surface area (Å²) in [4.78, 5) is 9.06. The normalized spacial score (nSPS) is 16.3. The van der Waals surface area contributed by atoms with Gasteiger partial charge in [0.1, 0.15) is 5.52 Å². The lowest BCUT2D eigenvalue weighted by Gasteiger charge is -2.11. The average molecular weight is 283 g/mol. The summed E-state index contributed by atoms with van der Waals surface area (Å²) in [5, 5.41) is 14.7. The number of anilines is 2. The summed E-state index contributed by atoms with van der Waals surface area (Å²) in [6.07, 6.45) is 6.05. The van der Waals surface area contributed by atoms with E-state index in [9.17, 15) is 0 Å². The van der Waals surface area contributed by atoms with E-state index in [2.05, 4.69) is 37.5 Å². The maximum absolute atomic E-state index is 4.64. The number of aryl methyl sites for hydroxylation is 1. The van der Waals surface area contributed by atoms with E-state index in [1.54, 1.807) is 12.4 Å². The van der Waals surface area contributed by atoms with Gasteiger partial charge in [-0.25, -0.2) is 14.6 Å². The second-order valence-corrected chi connectivity index (χ2v) is 5.69. The van der Waals surface area contributed by atoms with Gasteiger partial charge in [-0.3, -0.25) is 5.10 Å². The Kier molecular flexibility index (Phi) is 2.66. The van der Waals surface area contributed by atoms with Crippen molar-refractivity contribution in [2.75, 3.05) is 5.32 Å². The Morgan fingerprint density at radius 2 is 2.19 bits per heavy atom. The number of H-pyrrole nitrogens is 1. The van der Waals surface area contributed by atoms with Crippen molar-refractivity contribution in [3.8, 4) is 0 Å². The molecular formula is C14H17N7. The number of hydrogen-bond acceptors (Lipinski definition) is 5. The first-order valence-electron chi connectivity index (χ1n) is 7.20. The fraction of sp³-hybridized carbons (Fsp3) is 0.429. The summed E-state index contributed by atoms with van der Waals surface area (Å²) in [6, 6.07) is 2.30. The summed E-state index contributed by atoms with van der Waals surface area (Å²) >= 11 is 0. The molecule has 0 amide bonds. The zero-order valence-corrected chi connectivity index (χ0v) is 12.0. The van der Waals surface area contributed by atoms with Gasteiger partial charge in [0.05, 0.1) is 18.4 Å². The molecule has 1 fully saturated rings. The van der Waals surface area contributed by atoms with Crippen LogP contribution in [0.15, 0.2) is 18.5 Å². The summed E-state index contributed by atoms with van der Waals surface area (Å²) in [7, 11) is 0. The van der Waals surface area contributed by atoms with Crippen molar-refractivity contribution < 1.29 is 0 Å². The molecule has 0 radical (unpaired) electrons. The van der Waals surface area contributed by atoms with Crippen LogP contribution < -0.4 is 5.32 Å². The number of aromatic amines is 1.